The Balaban J connectivity index is 1.88. The predicted octanol–water partition coefficient (Wildman–Crippen LogP) is 2.18. The van der Waals surface area contributed by atoms with Crippen molar-refractivity contribution in [2.45, 2.75) is 37.1 Å². The van der Waals surface area contributed by atoms with Crippen LogP contribution in [0.4, 0.5) is 0 Å². The molecule has 0 saturated carbocycles. The largest absolute Gasteiger partial charge is 0.481 e. The quantitative estimate of drug-likeness (QED) is 0.853. The van der Waals surface area contributed by atoms with E-state index in [1.54, 1.807) is 6.20 Å². The minimum Gasteiger partial charge on any atom is -0.481 e. The lowest BCUT2D eigenvalue weighted by atomic mass is 10.1. The molecular weight excluding hydrogens is 290 g/mol. The van der Waals surface area contributed by atoms with Crippen molar-refractivity contribution >= 4 is 28.9 Å². The van der Waals surface area contributed by atoms with Crippen LogP contribution in [0.15, 0.2) is 23.5 Å². The molecule has 1 unspecified atom stereocenters. The second-order valence-corrected chi connectivity index (χ2v) is 5.96. The minimum absolute atomic E-state index is 0.00511. The smallest absolute Gasteiger partial charge is 0.313 e. The molecule has 2 aromatic rings. The van der Waals surface area contributed by atoms with Crippen LogP contribution in [0.25, 0.3) is 11.2 Å². The molecule has 1 aliphatic rings. The molecule has 2 aromatic heterocycles. The first kappa shape index (κ1) is 14.3. The number of rotatable bonds is 5. The third-order valence-corrected chi connectivity index (χ3v) is 4.41. The van der Waals surface area contributed by atoms with Crippen molar-refractivity contribution in [1.29, 1.82) is 0 Å². The van der Waals surface area contributed by atoms with Gasteiger partial charge in [0, 0.05) is 12.8 Å². The summed E-state index contributed by atoms with van der Waals surface area (Å²) in [5.74, 6) is -0.852. The van der Waals surface area contributed by atoms with Crippen LogP contribution >= 0.6 is 11.8 Å². The van der Waals surface area contributed by atoms with Crippen molar-refractivity contribution in [3.63, 3.8) is 0 Å². The SMILES string of the molecule is O=C(O)CSc1nc2cccnc2n1CC1CCCCO1. The van der Waals surface area contributed by atoms with Gasteiger partial charge in [0.1, 0.15) is 5.52 Å². The highest BCUT2D eigenvalue weighted by molar-refractivity contribution is 7.99. The number of aromatic nitrogens is 3. The number of hydrogen-bond acceptors (Lipinski definition) is 5. The highest BCUT2D eigenvalue weighted by Crippen LogP contribution is 2.25. The van der Waals surface area contributed by atoms with Crippen LogP contribution in [-0.4, -0.2) is 44.1 Å². The second-order valence-electron chi connectivity index (χ2n) is 5.02. The van der Waals surface area contributed by atoms with E-state index in [4.69, 9.17) is 9.84 Å². The number of aliphatic carboxylic acids is 1. The maximum atomic E-state index is 10.8. The molecule has 0 aromatic carbocycles. The fourth-order valence-electron chi connectivity index (χ4n) is 2.49. The molecule has 1 aliphatic heterocycles. The first-order valence-electron chi connectivity index (χ1n) is 7.01. The normalized spacial score (nSPS) is 19.0. The van der Waals surface area contributed by atoms with Gasteiger partial charge in [0.15, 0.2) is 10.8 Å². The monoisotopic (exact) mass is 307 g/mol. The molecule has 1 fully saturated rings. The van der Waals surface area contributed by atoms with Crippen LogP contribution in [0.1, 0.15) is 19.3 Å². The van der Waals surface area contributed by atoms with Gasteiger partial charge in [0.05, 0.1) is 18.4 Å². The average molecular weight is 307 g/mol. The highest BCUT2D eigenvalue weighted by atomic mass is 32.2. The van der Waals surface area contributed by atoms with Gasteiger partial charge in [-0.25, -0.2) is 9.97 Å². The summed E-state index contributed by atoms with van der Waals surface area (Å²) in [5, 5.41) is 9.56. The number of nitrogens with zero attached hydrogens (tertiary/aromatic N) is 3. The zero-order chi connectivity index (χ0) is 14.7. The Bertz CT molecular complexity index is 637. The number of imidazole rings is 1. The summed E-state index contributed by atoms with van der Waals surface area (Å²) >= 11 is 1.23. The van der Waals surface area contributed by atoms with E-state index in [9.17, 15) is 4.79 Å². The van der Waals surface area contributed by atoms with E-state index in [1.807, 2.05) is 16.7 Å². The molecule has 1 saturated heterocycles. The zero-order valence-electron chi connectivity index (χ0n) is 11.6. The molecule has 0 aliphatic carbocycles. The Hall–Kier alpha value is -1.60. The number of fused-ring (bicyclic) bond motifs is 1. The van der Waals surface area contributed by atoms with E-state index in [2.05, 4.69) is 9.97 Å². The van der Waals surface area contributed by atoms with Crippen molar-refractivity contribution in [3.05, 3.63) is 18.3 Å². The fourth-order valence-corrected chi connectivity index (χ4v) is 3.23. The molecule has 1 atom stereocenters. The molecule has 112 valence electrons. The molecule has 21 heavy (non-hydrogen) atoms. The number of carboxylic acids is 1. The lowest BCUT2D eigenvalue weighted by Crippen LogP contribution is -2.25. The summed E-state index contributed by atoms with van der Waals surface area (Å²) in [7, 11) is 0. The number of ether oxygens (including phenoxy) is 1. The van der Waals surface area contributed by atoms with E-state index in [1.165, 1.54) is 18.2 Å². The minimum atomic E-state index is -0.847. The van der Waals surface area contributed by atoms with Crippen LogP contribution in [0.2, 0.25) is 0 Å². The van der Waals surface area contributed by atoms with Crippen LogP contribution in [0.3, 0.4) is 0 Å². The van der Waals surface area contributed by atoms with Gasteiger partial charge in [0.25, 0.3) is 0 Å². The van der Waals surface area contributed by atoms with Crippen LogP contribution in [0.5, 0.6) is 0 Å². The number of carboxylic acid groups (broad SMARTS) is 1. The van der Waals surface area contributed by atoms with E-state index < -0.39 is 5.97 Å². The van der Waals surface area contributed by atoms with E-state index in [0.717, 1.165) is 30.6 Å². The van der Waals surface area contributed by atoms with Crippen LogP contribution < -0.4 is 0 Å². The molecule has 0 spiro atoms. The summed E-state index contributed by atoms with van der Waals surface area (Å²) < 4.78 is 7.76. The van der Waals surface area contributed by atoms with Crippen LogP contribution in [-0.2, 0) is 16.1 Å². The Morgan fingerprint density at radius 1 is 1.52 bits per heavy atom. The molecule has 6 nitrogen and oxygen atoms in total. The average Bonchev–Trinajstić information content (AvgIpc) is 2.84. The highest BCUT2D eigenvalue weighted by Gasteiger charge is 2.19. The molecule has 3 heterocycles. The van der Waals surface area contributed by atoms with Gasteiger partial charge in [-0.2, -0.15) is 0 Å². The van der Waals surface area contributed by atoms with Crippen molar-refractivity contribution in [1.82, 2.24) is 14.5 Å². The molecule has 3 rings (SSSR count). The second kappa shape index (κ2) is 6.44. The maximum Gasteiger partial charge on any atom is 0.313 e. The Morgan fingerprint density at radius 3 is 3.19 bits per heavy atom. The van der Waals surface area contributed by atoms with Gasteiger partial charge in [-0.3, -0.25) is 4.79 Å². The van der Waals surface area contributed by atoms with Crippen molar-refractivity contribution in [2.75, 3.05) is 12.4 Å². The summed E-state index contributed by atoms with van der Waals surface area (Å²) in [5.41, 5.74) is 1.58. The van der Waals surface area contributed by atoms with E-state index in [-0.39, 0.29) is 11.9 Å². The standard InChI is InChI=1S/C14H17N3O3S/c18-12(19)9-21-14-16-11-5-3-6-15-13(11)17(14)8-10-4-1-2-7-20-10/h3,5-6,10H,1-2,4,7-9H2,(H,18,19). The van der Waals surface area contributed by atoms with Crippen molar-refractivity contribution in [3.8, 4) is 0 Å². The number of thioether (sulfide) groups is 1. The summed E-state index contributed by atoms with van der Waals surface area (Å²) in [6.07, 6.45) is 5.19. The number of hydrogen-bond donors (Lipinski definition) is 1. The summed E-state index contributed by atoms with van der Waals surface area (Å²) in [6.45, 7) is 1.47. The van der Waals surface area contributed by atoms with Gasteiger partial charge in [0.2, 0.25) is 0 Å². The Morgan fingerprint density at radius 2 is 2.43 bits per heavy atom. The Labute approximate surface area is 126 Å². The lowest BCUT2D eigenvalue weighted by Gasteiger charge is -2.23. The van der Waals surface area contributed by atoms with Gasteiger partial charge >= 0.3 is 5.97 Å². The molecule has 0 bridgehead atoms. The van der Waals surface area contributed by atoms with Crippen molar-refractivity contribution < 1.29 is 14.6 Å². The Kier molecular flexibility index (Phi) is 4.40. The molecule has 0 amide bonds. The van der Waals surface area contributed by atoms with E-state index in [0.29, 0.717) is 11.7 Å². The molecule has 1 N–H and O–H groups in total. The summed E-state index contributed by atoms with van der Waals surface area (Å²) in [6, 6.07) is 3.73. The zero-order valence-corrected chi connectivity index (χ0v) is 12.4. The van der Waals surface area contributed by atoms with Gasteiger partial charge < -0.3 is 14.4 Å². The van der Waals surface area contributed by atoms with Crippen molar-refractivity contribution in [2.24, 2.45) is 0 Å². The third kappa shape index (κ3) is 3.36. The molecular formula is C14H17N3O3S. The third-order valence-electron chi connectivity index (χ3n) is 3.45. The summed E-state index contributed by atoms with van der Waals surface area (Å²) in [4.78, 5) is 19.7. The lowest BCUT2D eigenvalue weighted by molar-refractivity contribution is -0.133. The van der Waals surface area contributed by atoms with Gasteiger partial charge in [-0.05, 0) is 31.4 Å². The first-order chi connectivity index (χ1) is 10.2. The molecule has 0 radical (unpaired) electrons. The molecule has 7 heteroatoms. The predicted molar refractivity (Wildman–Crippen MR) is 79.5 cm³/mol. The number of carbonyl (C=O) groups is 1. The maximum absolute atomic E-state index is 10.8. The van der Waals surface area contributed by atoms with Gasteiger partial charge in [-0.1, -0.05) is 11.8 Å². The number of pyridine rings is 1. The van der Waals surface area contributed by atoms with E-state index >= 15 is 0 Å². The first-order valence-corrected chi connectivity index (χ1v) is 8.00. The van der Waals surface area contributed by atoms with Crippen LogP contribution in [0, 0.1) is 0 Å². The van der Waals surface area contributed by atoms with Gasteiger partial charge in [-0.15, -0.1) is 0 Å². The fraction of sp³-hybridized carbons (Fsp3) is 0.500. The topological polar surface area (TPSA) is 77.2 Å².